The van der Waals surface area contributed by atoms with Gasteiger partial charge in [-0.15, -0.1) is 0 Å². The molecule has 1 aliphatic heterocycles. The number of ether oxygens (including phenoxy) is 1. The van der Waals surface area contributed by atoms with Crippen LogP contribution in [0, 0.1) is 0 Å². The fourth-order valence-electron chi connectivity index (χ4n) is 3.35. The van der Waals surface area contributed by atoms with Crippen LogP contribution in [0.2, 0.25) is 0 Å². The number of hydrogen-bond acceptors (Lipinski definition) is 5. The molecule has 1 amide bonds. The first kappa shape index (κ1) is 18.6. The van der Waals surface area contributed by atoms with Crippen molar-refractivity contribution < 1.29 is 19.1 Å². The van der Waals surface area contributed by atoms with E-state index >= 15 is 0 Å². The summed E-state index contributed by atoms with van der Waals surface area (Å²) in [4.78, 5) is 40.9. The molecule has 0 bridgehead atoms. The molecule has 0 unspecified atom stereocenters. The number of fused-ring (bicyclic) bond motifs is 1. The van der Waals surface area contributed by atoms with E-state index in [1.807, 2.05) is 4.90 Å². The molecule has 7 heteroatoms. The van der Waals surface area contributed by atoms with Gasteiger partial charge in [-0.1, -0.05) is 40.2 Å². The molecule has 0 atom stereocenters. The highest BCUT2D eigenvalue weighted by Crippen LogP contribution is 2.28. The van der Waals surface area contributed by atoms with Crippen molar-refractivity contribution in [2.45, 2.75) is 0 Å². The lowest BCUT2D eigenvalue weighted by atomic mass is 9.89. The quantitative estimate of drug-likeness (QED) is 0.793. The fourth-order valence-corrected chi connectivity index (χ4v) is 3.62. The summed E-state index contributed by atoms with van der Waals surface area (Å²) in [5.41, 5.74) is 1.32. The van der Waals surface area contributed by atoms with Crippen LogP contribution in [0.25, 0.3) is 0 Å². The highest BCUT2D eigenvalue weighted by molar-refractivity contribution is 9.10. The standard InChI is InChI=1S/C21H17BrN2O4/c22-14-7-5-13(6-8-14)21(27)23-17-18(24-9-11-28-12-10-24)20(26)16-4-2-1-3-15(16)19(17)25/h1-8H,9-12H2,(H,23,27). The van der Waals surface area contributed by atoms with Gasteiger partial charge in [-0.3, -0.25) is 14.4 Å². The van der Waals surface area contributed by atoms with Gasteiger partial charge in [0.1, 0.15) is 11.4 Å². The van der Waals surface area contributed by atoms with Gasteiger partial charge in [-0.25, -0.2) is 0 Å². The van der Waals surface area contributed by atoms with E-state index in [1.165, 1.54) is 0 Å². The maximum absolute atomic E-state index is 13.2. The molecule has 1 saturated heterocycles. The number of allylic oxidation sites excluding steroid dienone is 2. The maximum Gasteiger partial charge on any atom is 0.255 e. The van der Waals surface area contributed by atoms with Crippen LogP contribution in [0.1, 0.15) is 31.1 Å². The summed E-state index contributed by atoms with van der Waals surface area (Å²) in [6.07, 6.45) is 0. The zero-order valence-electron chi connectivity index (χ0n) is 14.9. The van der Waals surface area contributed by atoms with Gasteiger partial charge >= 0.3 is 0 Å². The number of hydrogen-bond donors (Lipinski definition) is 1. The van der Waals surface area contributed by atoms with E-state index in [1.54, 1.807) is 48.5 Å². The number of amides is 1. The summed E-state index contributed by atoms with van der Waals surface area (Å²) in [5, 5.41) is 2.70. The van der Waals surface area contributed by atoms with Gasteiger partial charge in [0.05, 0.1) is 13.2 Å². The van der Waals surface area contributed by atoms with Crippen molar-refractivity contribution in [2.75, 3.05) is 26.3 Å². The number of rotatable bonds is 3. The van der Waals surface area contributed by atoms with Crippen LogP contribution in [-0.4, -0.2) is 48.7 Å². The summed E-state index contributed by atoms with van der Waals surface area (Å²) in [6.45, 7) is 1.88. The molecule has 1 aliphatic carbocycles. The molecule has 0 aromatic heterocycles. The molecule has 0 saturated carbocycles. The van der Waals surface area contributed by atoms with Gasteiger partial charge in [-0.2, -0.15) is 0 Å². The SMILES string of the molecule is O=C(NC1=C(N2CCOCC2)C(=O)c2ccccc2C1=O)c1ccc(Br)cc1. The predicted octanol–water partition coefficient (Wildman–Crippen LogP) is 2.80. The Hall–Kier alpha value is -2.77. The Morgan fingerprint density at radius 1 is 0.929 bits per heavy atom. The second kappa shape index (κ2) is 7.69. The van der Waals surface area contributed by atoms with E-state index in [-0.39, 0.29) is 23.0 Å². The summed E-state index contributed by atoms with van der Waals surface area (Å²) in [6, 6.07) is 13.5. The first-order valence-corrected chi connectivity index (χ1v) is 9.68. The summed E-state index contributed by atoms with van der Waals surface area (Å²) in [5.74, 6) is -1.06. The zero-order valence-corrected chi connectivity index (χ0v) is 16.5. The normalized spacial score (nSPS) is 16.8. The van der Waals surface area contributed by atoms with E-state index in [0.29, 0.717) is 43.0 Å². The molecule has 2 aromatic rings. The lowest BCUT2D eigenvalue weighted by molar-refractivity contribution is 0.0492. The average molecular weight is 441 g/mol. The van der Waals surface area contributed by atoms with Gasteiger partial charge in [0.2, 0.25) is 11.6 Å². The Balaban J connectivity index is 1.76. The summed E-state index contributed by atoms with van der Waals surface area (Å²) >= 11 is 3.33. The van der Waals surface area contributed by atoms with Crippen LogP contribution in [0.3, 0.4) is 0 Å². The second-order valence-corrected chi connectivity index (χ2v) is 7.40. The third kappa shape index (κ3) is 3.39. The van der Waals surface area contributed by atoms with Gasteiger partial charge in [0, 0.05) is 34.3 Å². The second-order valence-electron chi connectivity index (χ2n) is 6.49. The molecule has 2 aromatic carbocycles. The number of nitrogens with one attached hydrogen (secondary N) is 1. The first-order chi connectivity index (χ1) is 13.6. The third-order valence-electron chi connectivity index (χ3n) is 4.77. The summed E-state index contributed by atoms with van der Waals surface area (Å²) in [7, 11) is 0. The van der Waals surface area contributed by atoms with Gasteiger partial charge in [-0.05, 0) is 24.3 Å². The number of ketones is 2. The molecule has 28 heavy (non-hydrogen) atoms. The van der Waals surface area contributed by atoms with Crippen molar-refractivity contribution >= 4 is 33.4 Å². The van der Waals surface area contributed by atoms with Gasteiger partial charge in [0.15, 0.2) is 0 Å². The van der Waals surface area contributed by atoms with E-state index in [9.17, 15) is 14.4 Å². The molecule has 0 radical (unpaired) electrons. The van der Waals surface area contributed by atoms with Crippen LogP contribution < -0.4 is 5.32 Å². The van der Waals surface area contributed by atoms with Crippen LogP contribution in [0.4, 0.5) is 0 Å². The molecule has 2 aliphatic rings. The van der Waals surface area contributed by atoms with E-state index in [0.717, 1.165) is 4.47 Å². The smallest absolute Gasteiger partial charge is 0.255 e. The van der Waals surface area contributed by atoms with E-state index in [2.05, 4.69) is 21.2 Å². The van der Waals surface area contributed by atoms with Crippen molar-refractivity contribution in [1.29, 1.82) is 0 Å². The van der Waals surface area contributed by atoms with Crippen LogP contribution in [0.15, 0.2) is 64.4 Å². The predicted molar refractivity (Wildman–Crippen MR) is 106 cm³/mol. The Bertz CT molecular complexity index is 992. The number of Topliss-reactive ketones (excluding diaryl/α,β-unsaturated/α-hetero) is 2. The molecule has 1 N–H and O–H groups in total. The topological polar surface area (TPSA) is 75.7 Å². The minimum atomic E-state index is -0.436. The monoisotopic (exact) mass is 440 g/mol. The van der Waals surface area contributed by atoms with Crippen LogP contribution in [0.5, 0.6) is 0 Å². The molecule has 0 spiro atoms. The van der Waals surface area contributed by atoms with Gasteiger partial charge < -0.3 is 15.0 Å². The Morgan fingerprint density at radius 3 is 2.18 bits per heavy atom. The number of carbonyl (C=O) groups excluding carboxylic acids is 3. The Morgan fingerprint density at radius 2 is 1.54 bits per heavy atom. The third-order valence-corrected chi connectivity index (χ3v) is 5.30. The molecule has 6 nitrogen and oxygen atoms in total. The molecule has 4 rings (SSSR count). The zero-order chi connectivity index (χ0) is 19.7. The lowest BCUT2D eigenvalue weighted by Crippen LogP contribution is -2.44. The van der Waals surface area contributed by atoms with Crippen molar-refractivity contribution in [3.63, 3.8) is 0 Å². The molecular weight excluding hydrogens is 424 g/mol. The van der Waals surface area contributed by atoms with Crippen LogP contribution >= 0.6 is 15.9 Å². The fraction of sp³-hybridized carbons (Fsp3) is 0.190. The molecule has 1 heterocycles. The minimum Gasteiger partial charge on any atom is -0.378 e. The number of nitrogens with zero attached hydrogens (tertiary/aromatic N) is 1. The Kier molecular flexibility index (Phi) is 5.11. The largest absolute Gasteiger partial charge is 0.378 e. The first-order valence-electron chi connectivity index (χ1n) is 8.88. The minimum absolute atomic E-state index is 0.0264. The van der Waals surface area contributed by atoms with Crippen molar-refractivity contribution in [2.24, 2.45) is 0 Å². The average Bonchev–Trinajstić information content (AvgIpc) is 2.73. The molecule has 142 valence electrons. The van der Waals surface area contributed by atoms with E-state index < -0.39 is 5.91 Å². The number of benzene rings is 2. The van der Waals surface area contributed by atoms with Crippen molar-refractivity contribution in [1.82, 2.24) is 10.2 Å². The number of morpholine rings is 1. The van der Waals surface area contributed by atoms with Crippen molar-refractivity contribution in [3.8, 4) is 0 Å². The van der Waals surface area contributed by atoms with Crippen LogP contribution in [-0.2, 0) is 4.74 Å². The molecular formula is C21H17BrN2O4. The van der Waals surface area contributed by atoms with Crippen molar-refractivity contribution in [3.05, 3.63) is 81.1 Å². The number of halogens is 1. The maximum atomic E-state index is 13.2. The lowest BCUT2D eigenvalue weighted by Gasteiger charge is -2.33. The highest BCUT2D eigenvalue weighted by atomic mass is 79.9. The highest BCUT2D eigenvalue weighted by Gasteiger charge is 2.36. The van der Waals surface area contributed by atoms with Gasteiger partial charge in [0.25, 0.3) is 5.91 Å². The van der Waals surface area contributed by atoms with E-state index in [4.69, 9.17) is 4.74 Å². The Labute approximate surface area is 170 Å². The summed E-state index contributed by atoms with van der Waals surface area (Å²) < 4.78 is 6.21. The molecule has 1 fully saturated rings. The number of carbonyl (C=O) groups is 3.